The first-order chi connectivity index (χ1) is 10.2. The molecule has 1 heterocycles. The van der Waals surface area contributed by atoms with Gasteiger partial charge >= 0.3 is 0 Å². The number of nitrogens with one attached hydrogen (secondary N) is 1. The molecule has 1 unspecified atom stereocenters. The van der Waals surface area contributed by atoms with E-state index in [1.54, 1.807) is 0 Å². The SMILES string of the molecule is CNC(c1ccccc1)c1nnc(CCOCC(F)F)s1. The summed E-state index contributed by atoms with van der Waals surface area (Å²) in [5.41, 5.74) is 1.11. The molecular weight excluding hydrogens is 296 g/mol. The molecule has 0 aliphatic carbocycles. The number of rotatable bonds is 8. The van der Waals surface area contributed by atoms with Gasteiger partial charge in [0.1, 0.15) is 16.6 Å². The normalized spacial score (nSPS) is 12.8. The Labute approximate surface area is 126 Å². The van der Waals surface area contributed by atoms with Crippen LogP contribution >= 0.6 is 11.3 Å². The molecule has 0 amide bonds. The Hall–Kier alpha value is -1.44. The lowest BCUT2D eigenvalue weighted by Gasteiger charge is -2.12. The molecule has 0 fully saturated rings. The van der Waals surface area contributed by atoms with Crippen molar-refractivity contribution >= 4 is 11.3 Å². The van der Waals surface area contributed by atoms with Gasteiger partial charge in [0.25, 0.3) is 6.43 Å². The summed E-state index contributed by atoms with van der Waals surface area (Å²) in [7, 11) is 1.87. The minimum Gasteiger partial charge on any atom is -0.375 e. The Kier molecular flexibility index (Phi) is 6.16. The van der Waals surface area contributed by atoms with E-state index in [9.17, 15) is 8.78 Å². The van der Waals surface area contributed by atoms with Gasteiger partial charge in [0, 0.05) is 6.42 Å². The zero-order valence-corrected chi connectivity index (χ0v) is 12.4. The number of hydrogen-bond donors (Lipinski definition) is 1. The molecule has 0 aliphatic rings. The topological polar surface area (TPSA) is 47.0 Å². The summed E-state index contributed by atoms with van der Waals surface area (Å²) in [4.78, 5) is 0. The van der Waals surface area contributed by atoms with E-state index in [2.05, 4.69) is 15.5 Å². The van der Waals surface area contributed by atoms with Crippen molar-refractivity contribution in [1.82, 2.24) is 15.5 Å². The third kappa shape index (κ3) is 4.80. The Morgan fingerprint density at radius 3 is 2.67 bits per heavy atom. The van der Waals surface area contributed by atoms with Gasteiger partial charge in [-0.1, -0.05) is 41.7 Å². The monoisotopic (exact) mass is 313 g/mol. The van der Waals surface area contributed by atoms with Gasteiger partial charge in [0.05, 0.1) is 12.6 Å². The van der Waals surface area contributed by atoms with E-state index < -0.39 is 13.0 Å². The second-order valence-electron chi connectivity index (χ2n) is 4.38. The molecule has 4 nitrogen and oxygen atoms in total. The van der Waals surface area contributed by atoms with Crippen LogP contribution in [-0.4, -0.2) is 36.9 Å². The number of alkyl halides is 2. The number of hydrogen-bond acceptors (Lipinski definition) is 5. The summed E-state index contributed by atoms with van der Waals surface area (Å²) in [6, 6.07) is 9.93. The number of aromatic nitrogens is 2. The molecule has 1 aromatic carbocycles. The van der Waals surface area contributed by atoms with E-state index in [1.807, 2.05) is 37.4 Å². The Balaban J connectivity index is 1.95. The Bertz CT molecular complexity index is 536. The van der Waals surface area contributed by atoms with Crippen LogP contribution in [0.25, 0.3) is 0 Å². The van der Waals surface area contributed by atoms with Crippen LogP contribution in [0.15, 0.2) is 30.3 Å². The quantitative estimate of drug-likeness (QED) is 0.761. The summed E-state index contributed by atoms with van der Waals surface area (Å²) >= 11 is 1.47. The third-order valence-electron chi connectivity index (χ3n) is 2.86. The molecule has 0 saturated carbocycles. The number of benzene rings is 1. The van der Waals surface area contributed by atoms with Crippen LogP contribution in [0.5, 0.6) is 0 Å². The number of ether oxygens (including phenoxy) is 1. The van der Waals surface area contributed by atoms with Gasteiger partial charge in [-0.05, 0) is 12.6 Å². The maximum Gasteiger partial charge on any atom is 0.261 e. The Morgan fingerprint density at radius 1 is 1.24 bits per heavy atom. The van der Waals surface area contributed by atoms with Crippen LogP contribution in [0, 0.1) is 0 Å². The summed E-state index contributed by atoms with van der Waals surface area (Å²) < 4.78 is 28.7. The molecular formula is C14H17F2N3OS. The van der Waals surface area contributed by atoms with Gasteiger partial charge in [0.15, 0.2) is 0 Å². The van der Waals surface area contributed by atoms with Gasteiger partial charge in [-0.25, -0.2) is 8.78 Å². The molecule has 2 rings (SSSR count). The van der Waals surface area contributed by atoms with Crippen LogP contribution in [0.1, 0.15) is 21.6 Å². The molecule has 114 valence electrons. The fourth-order valence-corrected chi connectivity index (χ4v) is 2.86. The largest absolute Gasteiger partial charge is 0.375 e. The highest BCUT2D eigenvalue weighted by Gasteiger charge is 2.16. The average molecular weight is 313 g/mol. The summed E-state index contributed by atoms with van der Waals surface area (Å²) in [5.74, 6) is 0. The fraction of sp³-hybridized carbons (Fsp3) is 0.429. The van der Waals surface area contributed by atoms with E-state index in [0.717, 1.165) is 15.6 Å². The van der Waals surface area contributed by atoms with Crippen LogP contribution in [0.4, 0.5) is 8.78 Å². The van der Waals surface area contributed by atoms with Gasteiger partial charge in [0.2, 0.25) is 0 Å². The van der Waals surface area contributed by atoms with E-state index >= 15 is 0 Å². The second kappa shape index (κ2) is 8.11. The highest BCUT2D eigenvalue weighted by molar-refractivity contribution is 7.11. The fourth-order valence-electron chi connectivity index (χ4n) is 1.89. The molecule has 1 aromatic heterocycles. The van der Waals surface area contributed by atoms with Crippen molar-refractivity contribution in [2.45, 2.75) is 18.9 Å². The summed E-state index contributed by atoms with van der Waals surface area (Å²) in [6.07, 6.45) is -1.93. The lowest BCUT2D eigenvalue weighted by molar-refractivity contribution is 0.0186. The third-order valence-corrected chi connectivity index (χ3v) is 3.90. The van der Waals surface area contributed by atoms with E-state index in [1.165, 1.54) is 11.3 Å². The number of halogens is 2. The van der Waals surface area contributed by atoms with Crippen LogP contribution in [0.3, 0.4) is 0 Å². The van der Waals surface area contributed by atoms with Crippen molar-refractivity contribution in [3.8, 4) is 0 Å². The van der Waals surface area contributed by atoms with Crippen molar-refractivity contribution in [2.24, 2.45) is 0 Å². The molecule has 2 aromatic rings. The lowest BCUT2D eigenvalue weighted by atomic mass is 10.1. The zero-order chi connectivity index (χ0) is 15.1. The second-order valence-corrected chi connectivity index (χ2v) is 5.48. The van der Waals surface area contributed by atoms with E-state index in [0.29, 0.717) is 6.42 Å². The maximum atomic E-state index is 11.9. The molecule has 1 N–H and O–H groups in total. The van der Waals surface area contributed by atoms with Gasteiger partial charge < -0.3 is 10.1 Å². The highest BCUT2D eigenvalue weighted by atomic mass is 32.1. The van der Waals surface area contributed by atoms with Crippen LogP contribution in [0.2, 0.25) is 0 Å². The van der Waals surface area contributed by atoms with Crippen molar-refractivity contribution in [3.63, 3.8) is 0 Å². The van der Waals surface area contributed by atoms with Crippen molar-refractivity contribution in [2.75, 3.05) is 20.3 Å². The molecule has 21 heavy (non-hydrogen) atoms. The first-order valence-electron chi connectivity index (χ1n) is 6.61. The molecule has 0 spiro atoms. The summed E-state index contributed by atoms with van der Waals surface area (Å²) in [5, 5.41) is 13.1. The van der Waals surface area contributed by atoms with Gasteiger partial charge in [-0.15, -0.1) is 10.2 Å². The lowest BCUT2D eigenvalue weighted by Crippen LogP contribution is -2.17. The predicted octanol–water partition coefficient (Wildman–Crippen LogP) is 2.67. The molecule has 0 radical (unpaired) electrons. The average Bonchev–Trinajstić information content (AvgIpc) is 2.94. The van der Waals surface area contributed by atoms with Crippen molar-refractivity contribution in [3.05, 3.63) is 45.9 Å². The van der Waals surface area contributed by atoms with E-state index in [-0.39, 0.29) is 12.6 Å². The van der Waals surface area contributed by atoms with Crippen LogP contribution in [-0.2, 0) is 11.2 Å². The first kappa shape index (κ1) is 15.9. The minimum atomic E-state index is -2.43. The maximum absolute atomic E-state index is 11.9. The highest BCUT2D eigenvalue weighted by Crippen LogP contribution is 2.24. The smallest absolute Gasteiger partial charge is 0.261 e. The molecule has 0 bridgehead atoms. The standard InChI is InChI=1S/C14H17F2N3OS/c1-17-13(10-5-3-2-4-6-10)14-19-18-12(21-14)7-8-20-9-11(15)16/h2-6,11,13,17H,7-9H2,1H3. The predicted molar refractivity (Wildman–Crippen MR) is 77.8 cm³/mol. The molecule has 1 atom stereocenters. The van der Waals surface area contributed by atoms with E-state index in [4.69, 9.17) is 4.74 Å². The number of nitrogens with zero attached hydrogens (tertiary/aromatic N) is 2. The molecule has 0 saturated heterocycles. The first-order valence-corrected chi connectivity index (χ1v) is 7.42. The minimum absolute atomic E-state index is 0.0144. The van der Waals surface area contributed by atoms with Crippen molar-refractivity contribution in [1.29, 1.82) is 0 Å². The Morgan fingerprint density at radius 2 is 2.00 bits per heavy atom. The molecule has 0 aliphatic heterocycles. The summed E-state index contributed by atoms with van der Waals surface area (Å²) in [6.45, 7) is -0.302. The zero-order valence-electron chi connectivity index (χ0n) is 11.6. The molecule has 7 heteroatoms. The van der Waals surface area contributed by atoms with Crippen LogP contribution < -0.4 is 5.32 Å². The van der Waals surface area contributed by atoms with Gasteiger partial charge in [-0.2, -0.15) is 0 Å². The van der Waals surface area contributed by atoms with Gasteiger partial charge in [-0.3, -0.25) is 0 Å². The van der Waals surface area contributed by atoms with Crippen molar-refractivity contribution < 1.29 is 13.5 Å².